The van der Waals surface area contributed by atoms with Gasteiger partial charge in [-0.1, -0.05) is 27.2 Å². The summed E-state index contributed by atoms with van der Waals surface area (Å²) in [5.41, 5.74) is 0. The quantitative estimate of drug-likeness (QED) is 0.793. The summed E-state index contributed by atoms with van der Waals surface area (Å²) in [6, 6.07) is -0.748. The van der Waals surface area contributed by atoms with Crippen molar-refractivity contribution in [2.45, 2.75) is 58.9 Å². The van der Waals surface area contributed by atoms with Gasteiger partial charge in [-0.15, -0.1) is 0 Å². The molecule has 0 aromatic carbocycles. The van der Waals surface area contributed by atoms with Crippen LogP contribution in [0.3, 0.4) is 0 Å². The fourth-order valence-electron chi connectivity index (χ4n) is 2.48. The lowest BCUT2D eigenvalue weighted by Gasteiger charge is -2.28. The minimum absolute atomic E-state index is 0.00658. The second-order valence-electron chi connectivity index (χ2n) is 5.67. The molecule has 104 valence electrons. The molecule has 4 nitrogen and oxygen atoms in total. The van der Waals surface area contributed by atoms with Gasteiger partial charge in [-0.25, -0.2) is 4.79 Å². The highest BCUT2D eigenvalue weighted by Gasteiger charge is 2.30. The minimum Gasteiger partial charge on any atom is -0.480 e. The normalized spacial score (nSPS) is 27.3. The van der Waals surface area contributed by atoms with Crippen LogP contribution in [0.15, 0.2) is 0 Å². The first-order valence-electron chi connectivity index (χ1n) is 6.98. The van der Waals surface area contributed by atoms with Gasteiger partial charge in [-0.2, -0.15) is 0 Å². The van der Waals surface area contributed by atoms with E-state index in [4.69, 9.17) is 5.11 Å². The molecule has 2 N–H and O–H groups in total. The van der Waals surface area contributed by atoms with Gasteiger partial charge in [-0.05, 0) is 37.5 Å². The van der Waals surface area contributed by atoms with Crippen LogP contribution in [0.25, 0.3) is 0 Å². The number of carbonyl (C=O) groups is 2. The number of nitrogens with one attached hydrogen (secondary N) is 1. The van der Waals surface area contributed by atoms with Crippen LogP contribution < -0.4 is 5.32 Å². The molecule has 2 atom stereocenters. The zero-order valence-electron chi connectivity index (χ0n) is 11.6. The summed E-state index contributed by atoms with van der Waals surface area (Å²) in [7, 11) is 0. The van der Waals surface area contributed by atoms with E-state index in [0.29, 0.717) is 5.92 Å². The second-order valence-corrected chi connectivity index (χ2v) is 5.67. The molecule has 1 aliphatic carbocycles. The summed E-state index contributed by atoms with van der Waals surface area (Å²) in [4.78, 5) is 23.2. The highest BCUT2D eigenvalue weighted by molar-refractivity contribution is 5.85. The number of carboxylic acids is 1. The lowest BCUT2D eigenvalue weighted by molar-refractivity contribution is -0.144. The topological polar surface area (TPSA) is 66.4 Å². The monoisotopic (exact) mass is 255 g/mol. The summed E-state index contributed by atoms with van der Waals surface area (Å²) >= 11 is 0. The Kier molecular flexibility index (Phi) is 5.63. The van der Waals surface area contributed by atoms with E-state index in [-0.39, 0.29) is 17.7 Å². The van der Waals surface area contributed by atoms with Crippen molar-refractivity contribution in [3.05, 3.63) is 0 Å². The van der Waals surface area contributed by atoms with Gasteiger partial charge < -0.3 is 10.4 Å². The number of carbonyl (C=O) groups excluding carboxylic acids is 1. The Balaban J connectivity index is 2.53. The minimum atomic E-state index is -0.929. The first-order valence-corrected chi connectivity index (χ1v) is 6.98. The maximum absolute atomic E-state index is 12.1. The number of hydrogen-bond donors (Lipinski definition) is 2. The van der Waals surface area contributed by atoms with E-state index < -0.39 is 12.0 Å². The standard InChI is InChI=1S/C14H25NO3/c1-4-10(3)12(14(17)18)15-13(16)11-7-5-9(2)6-8-11/h9-12H,4-8H2,1-3H3,(H,15,16)(H,17,18)/t9?,10-,11?,12-/m0/s1. The number of rotatable bonds is 5. The molecule has 0 radical (unpaired) electrons. The van der Waals surface area contributed by atoms with Crippen molar-refractivity contribution in [1.29, 1.82) is 0 Å². The molecule has 0 aliphatic heterocycles. The Labute approximate surface area is 109 Å². The molecule has 1 rings (SSSR count). The Morgan fingerprint density at radius 2 is 1.83 bits per heavy atom. The Bertz CT molecular complexity index is 295. The number of hydrogen-bond acceptors (Lipinski definition) is 2. The maximum Gasteiger partial charge on any atom is 0.326 e. The average molecular weight is 255 g/mol. The number of aliphatic carboxylic acids is 1. The number of amides is 1. The van der Waals surface area contributed by atoms with Crippen molar-refractivity contribution < 1.29 is 14.7 Å². The summed E-state index contributed by atoms with van der Waals surface area (Å²) in [6.45, 7) is 6.00. The molecule has 0 saturated heterocycles. The van der Waals surface area contributed by atoms with Crippen LogP contribution in [0.2, 0.25) is 0 Å². The molecule has 1 aliphatic rings. The second kappa shape index (κ2) is 6.76. The Morgan fingerprint density at radius 1 is 1.28 bits per heavy atom. The van der Waals surface area contributed by atoms with Gasteiger partial charge in [0.1, 0.15) is 6.04 Å². The third-order valence-electron chi connectivity index (χ3n) is 4.16. The van der Waals surface area contributed by atoms with Gasteiger partial charge >= 0.3 is 5.97 Å². The van der Waals surface area contributed by atoms with E-state index in [9.17, 15) is 9.59 Å². The van der Waals surface area contributed by atoms with Crippen molar-refractivity contribution in [3.63, 3.8) is 0 Å². The molecule has 18 heavy (non-hydrogen) atoms. The molecule has 0 bridgehead atoms. The van der Waals surface area contributed by atoms with Crippen LogP contribution in [0.5, 0.6) is 0 Å². The van der Waals surface area contributed by atoms with Gasteiger partial charge in [-0.3, -0.25) is 4.79 Å². The van der Waals surface area contributed by atoms with Crippen LogP contribution in [0.4, 0.5) is 0 Å². The molecule has 1 amide bonds. The van der Waals surface area contributed by atoms with Gasteiger partial charge in [0.25, 0.3) is 0 Å². The van der Waals surface area contributed by atoms with E-state index in [1.54, 1.807) is 0 Å². The molecule has 0 heterocycles. The molecule has 0 unspecified atom stereocenters. The molecular weight excluding hydrogens is 230 g/mol. The first kappa shape index (κ1) is 15.0. The molecule has 1 saturated carbocycles. The van der Waals surface area contributed by atoms with Gasteiger partial charge in [0.05, 0.1) is 0 Å². The van der Waals surface area contributed by atoms with E-state index in [2.05, 4.69) is 12.2 Å². The van der Waals surface area contributed by atoms with Gasteiger partial charge in [0.2, 0.25) is 5.91 Å². The van der Waals surface area contributed by atoms with Crippen molar-refractivity contribution in [3.8, 4) is 0 Å². The predicted molar refractivity (Wildman–Crippen MR) is 70.1 cm³/mol. The fourth-order valence-corrected chi connectivity index (χ4v) is 2.48. The SMILES string of the molecule is CC[C@H](C)[C@H](NC(=O)C1CCC(C)CC1)C(=O)O. The largest absolute Gasteiger partial charge is 0.480 e. The smallest absolute Gasteiger partial charge is 0.326 e. The third-order valence-corrected chi connectivity index (χ3v) is 4.16. The zero-order valence-corrected chi connectivity index (χ0v) is 11.6. The van der Waals surface area contributed by atoms with E-state index in [1.165, 1.54) is 0 Å². The van der Waals surface area contributed by atoms with E-state index in [1.807, 2.05) is 13.8 Å². The summed E-state index contributed by atoms with van der Waals surface area (Å²) in [5.74, 6) is -0.337. The van der Waals surface area contributed by atoms with E-state index in [0.717, 1.165) is 32.1 Å². The lowest BCUT2D eigenvalue weighted by atomic mass is 9.82. The summed E-state index contributed by atoms with van der Waals surface area (Å²) in [5, 5.41) is 11.9. The molecule has 0 spiro atoms. The van der Waals surface area contributed by atoms with Crippen molar-refractivity contribution in [2.24, 2.45) is 17.8 Å². The van der Waals surface area contributed by atoms with Crippen molar-refractivity contribution >= 4 is 11.9 Å². The van der Waals surface area contributed by atoms with Crippen LogP contribution >= 0.6 is 0 Å². The number of carboxylic acid groups (broad SMARTS) is 1. The van der Waals surface area contributed by atoms with Crippen molar-refractivity contribution in [2.75, 3.05) is 0 Å². The van der Waals surface area contributed by atoms with Crippen LogP contribution in [0, 0.1) is 17.8 Å². The highest BCUT2D eigenvalue weighted by atomic mass is 16.4. The van der Waals surface area contributed by atoms with Crippen LogP contribution in [0.1, 0.15) is 52.9 Å². The highest BCUT2D eigenvalue weighted by Crippen LogP contribution is 2.28. The first-order chi connectivity index (χ1) is 8.45. The van der Waals surface area contributed by atoms with Crippen LogP contribution in [-0.2, 0) is 9.59 Å². The van der Waals surface area contributed by atoms with Crippen molar-refractivity contribution in [1.82, 2.24) is 5.32 Å². The lowest BCUT2D eigenvalue weighted by Crippen LogP contribution is -2.47. The summed E-state index contributed by atoms with van der Waals surface area (Å²) < 4.78 is 0. The summed E-state index contributed by atoms with van der Waals surface area (Å²) in [6.07, 6.45) is 4.66. The predicted octanol–water partition coefficient (Wildman–Crippen LogP) is 2.43. The average Bonchev–Trinajstić information content (AvgIpc) is 2.35. The van der Waals surface area contributed by atoms with Gasteiger partial charge in [0, 0.05) is 5.92 Å². The molecule has 4 heteroatoms. The molecule has 0 aromatic heterocycles. The molecular formula is C14H25NO3. The molecule has 0 aromatic rings. The Morgan fingerprint density at radius 3 is 2.28 bits per heavy atom. The Hall–Kier alpha value is -1.06. The molecule has 1 fully saturated rings. The van der Waals surface area contributed by atoms with E-state index >= 15 is 0 Å². The third kappa shape index (κ3) is 4.00. The maximum atomic E-state index is 12.1. The van der Waals surface area contributed by atoms with Gasteiger partial charge in [0.15, 0.2) is 0 Å². The fraction of sp³-hybridized carbons (Fsp3) is 0.857. The zero-order chi connectivity index (χ0) is 13.7. The van der Waals surface area contributed by atoms with Crippen LogP contribution in [-0.4, -0.2) is 23.0 Å².